The van der Waals surface area contributed by atoms with E-state index in [2.05, 4.69) is 0 Å². The summed E-state index contributed by atoms with van der Waals surface area (Å²) in [6.07, 6.45) is 4.52. The standard InChI is InChI=1S/C8H17NO/c1-8(9,4-5-10)6-7-2-3-7/h7,10H,2-6,9H2,1H3. The molecule has 60 valence electrons. The maximum atomic E-state index is 8.66. The minimum Gasteiger partial charge on any atom is -0.396 e. The van der Waals surface area contributed by atoms with Crippen LogP contribution in [0.4, 0.5) is 0 Å². The van der Waals surface area contributed by atoms with Gasteiger partial charge >= 0.3 is 0 Å². The molecule has 0 bridgehead atoms. The van der Waals surface area contributed by atoms with Gasteiger partial charge in [-0.25, -0.2) is 0 Å². The van der Waals surface area contributed by atoms with Crippen LogP contribution in [0.25, 0.3) is 0 Å². The van der Waals surface area contributed by atoms with Gasteiger partial charge in [-0.2, -0.15) is 0 Å². The molecule has 0 heterocycles. The van der Waals surface area contributed by atoms with Crippen molar-refractivity contribution in [3.63, 3.8) is 0 Å². The van der Waals surface area contributed by atoms with Crippen molar-refractivity contribution in [3.8, 4) is 0 Å². The predicted molar refractivity (Wildman–Crippen MR) is 41.6 cm³/mol. The van der Waals surface area contributed by atoms with Crippen molar-refractivity contribution in [1.82, 2.24) is 0 Å². The lowest BCUT2D eigenvalue weighted by Crippen LogP contribution is -2.37. The number of hydrogen-bond donors (Lipinski definition) is 2. The zero-order valence-corrected chi connectivity index (χ0v) is 6.64. The highest BCUT2D eigenvalue weighted by Gasteiger charge is 2.29. The van der Waals surface area contributed by atoms with E-state index < -0.39 is 0 Å². The Bertz CT molecular complexity index is 108. The lowest BCUT2D eigenvalue weighted by Gasteiger charge is -2.22. The fourth-order valence-corrected chi connectivity index (χ4v) is 1.34. The van der Waals surface area contributed by atoms with Crippen molar-refractivity contribution in [2.24, 2.45) is 11.7 Å². The molecule has 10 heavy (non-hydrogen) atoms. The Balaban J connectivity index is 2.19. The SMILES string of the molecule is CC(N)(CCO)CC1CC1. The van der Waals surface area contributed by atoms with Crippen LogP contribution < -0.4 is 5.73 Å². The Kier molecular flexibility index (Phi) is 2.32. The quantitative estimate of drug-likeness (QED) is 0.614. The van der Waals surface area contributed by atoms with Crippen LogP contribution >= 0.6 is 0 Å². The van der Waals surface area contributed by atoms with Gasteiger partial charge in [0.1, 0.15) is 0 Å². The summed E-state index contributed by atoms with van der Waals surface area (Å²) in [5.74, 6) is 0.863. The van der Waals surface area contributed by atoms with Gasteiger partial charge in [-0.3, -0.25) is 0 Å². The van der Waals surface area contributed by atoms with E-state index in [0.29, 0.717) is 0 Å². The summed E-state index contributed by atoms with van der Waals surface area (Å²) in [6.45, 7) is 2.25. The van der Waals surface area contributed by atoms with Crippen molar-refractivity contribution >= 4 is 0 Å². The van der Waals surface area contributed by atoms with Crippen molar-refractivity contribution in [3.05, 3.63) is 0 Å². The van der Waals surface area contributed by atoms with Crippen LogP contribution in [0.3, 0.4) is 0 Å². The summed E-state index contributed by atoms with van der Waals surface area (Å²) in [5.41, 5.74) is 5.79. The highest BCUT2D eigenvalue weighted by molar-refractivity contribution is 4.86. The molecule has 0 aromatic carbocycles. The van der Waals surface area contributed by atoms with Crippen LogP contribution in [0.15, 0.2) is 0 Å². The molecule has 0 amide bonds. The Labute approximate surface area is 62.4 Å². The monoisotopic (exact) mass is 143 g/mol. The third kappa shape index (κ3) is 2.67. The maximum absolute atomic E-state index is 8.66. The van der Waals surface area contributed by atoms with E-state index in [9.17, 15) is 0 Å². The van der Waals surface area contributed by atoms with Gasteiger partial charge in [-0.1, -0.05) is 12.8 Å². The van der Waals surface area contributed by atoms with Gasteiger partial charge in [0.25, 0.3) is 0 Å². The summed E-state index contributed by atoms with van der Waals surface area (Å²) < 4.78 is 0. The molecular formula is C8H17NO. The molecule has 0 aromatic rings. The molecule has 1 atom stereocenters. The van der Waals surface area contributed by atoms with E-state index in [1.165, 1.54) is 12.8 Å². The van der Waals surface area contributed by atoms with Crippen LogP contribution in [-0.2, 0) is 0 Å². The minimum atomic E-state index is -0.115. The topological polar surface area (TPSA) is 46.2 Å². The Morgan fingerprint density at radius 3 is 2.60 bits per heavy atom. The average molecular weight is 143 g/mol. The fraction of sp³-hybridized carbons (Fsp3) is 1.00. The zero-order valence-electron chi connectivity index (χ0n) is 6.64. The van der Waals surface area contributed by atoms with E-state index in [4.69, 9.17) is 10.8 Å². The van der Waals surface area contributed by atoms with Gasteiger partial charge in [0, 0.05) is 12.1 Å². The molecule has 0 aliphatic heterocycles. The summed E-state index contributed by atoms with van der Waals surface area (Å²) >= 11 is 0. The van der Waals surface area contributed by atoms with Gasteiger partial charge in [-0.05, 0) is 25.7 Å². The van der Waals surface area contributed by atoms with Crippen molar-refractivity contribution in [2.75, 3.05) is 6.61 Å². The van der Waals surface area contributed by atoms with E-state index in [1.54, 1.807) is 0 Å². The molecule has 1 aliphatic rings. The van der Waals surface area contributed by atoms with E-state index in [-0.39, 0.29) is 12.1 Å². The lowest BCUT2D eigenvalue weighted by atomic mass is 9.93. The Hall–Kier alpha value is -0.0800. The first kappa shape index (κ1) is 8.02. The highest BCUT2D eigenvalue weighted by atomic mass is 16.3. The summed E-state index contributed by atoms with van der Waals surface area (Å²) in [6, 6.07) is 0. The van der Waals surface area contributed by atoms with Crippen LogP contribution in [0.1, 0.15) is 32.6 Å². The van der Waals surface area contributed by atoms with E-state index >= 15 is 0 Å². The molecule has 1 saturated carbocycles. The maximum Gasteiger partial charge on any atom is 0.0448 e. The zero-order chi connectivity index (χ0) is 7.61. The van der Waals surface area contributed by atoms with Crippen LogP contribution in [-0.4, -0.2) is 17.3 Å². The highest BCUT2D eigenvalue weighted by Crippen LogP contribution is 2.36. The first-order valence-corrected chi connectivity index (χ1v) is 4.04. The number of aliphatic hydroxyl groups is 1. The van der Waals surface area contributed by atoms with Gasteiger partial charge in [0.05, 0.1) is 0 Å². The second kappa shape index (κ2) is 2.89. The van der Waals surface area contributed by atoms with Crippen molar-refractivity contribution in [2.45, 2.75) is 38.1 Å². The number of nitrogens with two attached hydrogens (primary N) is 1. The Morgan fingerprint density at radius 1 is 1.60 bits per heavy atom. The summed E-state index contributed by atoms with van der Waals surface area (Å²) in [5, 5.41) is 8.66. The number of hydrogen-bond acceptors (Lipinski definition) is 2. The molecule has 1 aliphatic carbocycles. The van der Waals surface area contributed by atoms with Crippen molar-refractivity contribution in [1.29, 1.82) is 0 Å². The van der Waals surface area contributed by atoms with E-state index in [0.717, 1.165) is 18.8 Å². The van der Waals surface area contributed by atoms with Crippen molar-refractivity contribution < 1.29 is 5.11 Å². The molecule has 0 saturated heterocycles. The largest absolute Gasteiger partial charge is 0.396 e. The van der Waals surface area contributed by atoms with E-state index in [1.807, 2.05) is 6.92 Å². The van der Waals surface area contributed by atoms with Crippen LogP contribution in [0, 0.1) is 5.92 Å². The molecule has 0 aromatic heterocycles. The molecular weight excluding hydrogens is 126 g/mol. The third-order valence-corrected chi connectivity index (χ3v) is 2.13. The second-order valence-corrected chi connectivity index (χ2v) is 3.78. The normalized spacial score (nSPS) is 24.3. The number of rotatable bonds is 4. The molecule has 0 spiro atoms. The number of aliphatic hydroxyl groups excluding tert-OH is 1. The molecule has 1 rings (SSSR count). The smallest absolute Gasteiger partial charge is 0.0448 e. The first-order chi connectivity index (χ1) is 4.64. The lowest BCUT2D eigenvalue weighted by molar-refractivity contribution is 0.236. The third-order valence-electron chi connectivity index (χ3n) is 2.13. The predicted octanol–water partition coefficient (Wildman–Crippen LogP) is 0.886. The molecule has 1 fully saturated rings. The van der Waals surface area contributed by atoms with Gasteiger partial charge in [0.15, 0.2) is 0 Å². The van der Waals surface area contributed by atoms with Crippen LogP contribution in [0.5, 0.6) is 0 Å². The molecule has 2 heteroatoms. The van der Waals surface area contributed by atoms with Gasteiger partial charge < -0.3 is 10.8 Å². The first-order valence-electron chi connectivity index (χ1n) is 4.04. The molecule has 0 radical (unpaired) electrons. The summed E-state index contributed by atoms with van der Waals surface area (Å²) in [7, 11) is 0. The Morgan fingerprint density at radius 2 is 2.20 bits per heavy atom. The minimum absolute atomic E-state index is 0.115. The molecule has 3 N–H and O–H groups in total. The average Bonchev–Trinajstić information content (AvgIpc) is 2.48. The van der Waals surface area contributed by atoms with Gasteiger partial charge in [-0.15, -0.1) is 0 Å². The fourth-order valence-electron chi connectivity index (χ4n) is 1.34. The van der Waals surface area contributed by atoms with Crippen LogP contribution in [0.2, 0.25) is 0 Å². The molecule has 2 nitrogen and oxygen atoms in total. The van der Waals surface area contributed by atoms with Gasteiger partial charge in [0.2, 0.25) is 0 Å². The molecule has 1 unspecified atom stereocenters. The second-order valence-electron chi connectivity index (χ2n) is 3.78. The summed E-state index contributed by atoms with van der Waals surface area (Å²) in [4.78, 5) is 0.